The van der Waals surface area contributed by atoms with Crippen LogP contribution in [-0.4, -0.2) is 47.7 Å². The van der Waals surface area contributed by atoms with E-state index in [1.807, 2.05) is 0 Å². The zero-order valence-corrected chi connectivity index (χ0v) is 15.9. The third kappa shape index (κ3) is 7.50. The molecule has 1 rings (SSSR count). The summed E-state index contributed by atoms with van der Waals surface area (Å²) in [6, 6.07) is 0.668. The van der Waals surface area contributed by atoms with Gasteiger partial charge in [-0.05, 0) is 55.4 Å². The highest BCUT2D eigenvalue weighted by Gasteiger charge is 2.23. The Morgan fingerprint density at radius 1 is 0.955 bits per heavy atom. The van der Waals surface area contributed by atoms with Crippen molar-refractivity contribution in [3.8, 4) is 0 Å². The summed E-state index contributed by atoms with van der Waals surface area (Å²) >= 11 is 0. The zero-order chi connectivity index (χ0) is 17.0. The Hall–Kier alpha value is -0.740. The second kappa shape index (κ2) is 7.69. The van der Waals surface area contributed by atoms with E-state index in [0.29, 0.717) is 12.1 Å². The molecule has 0 aliphatic carbocycles. The van der Waals surface area contributed by atoms with Crippen LogP contribution < -0.4 is 10.6 Å². The molecule has 0 spiro atoms. The standard InChI is InChI=1S/C18H36N4/c1-13-9-17(5,6)20-12-15(3)21-14(2)10-18(7,8)22-16(4)11-19-13/h15-16,20,22H,9-12H2,1-8H3/t15-,16-/m1/s1. The number of rotatable bonds is 0. The van der Waals surface area contributed by atoms with Crippen LogP contribution in [-0.2, 0) is 0 Å². The summed E-state index contributed by atoms with van der Waals surface area (Å²) in [4.78, 5) is 9.63. The first kappa shape index (κ1) is 19.3. The topological polar surface area (TPSA) is 48.8 Å². The Morgan fingerprint density at radius 3 is 2.18 bits per heavy atom. The molecule has 0 saturated heterocycles. The van der Waals surface area contributed by atoms with Gasteiger partial charge in [-0.25, -0.2) is 0 Å². The van der Waals surface area contributed by atoms with Crippen molar-refractivity contribution in [2.24, 2.45) is 9.98 Å². The first-order chi connectivity index (χ1) is 9.99. The van der Waals surface area contributed by atoms with Crippen molar-refractivity contribution in [1.82, 2.24) is 10.6 Å². The largest absolute Gasteiger partial charge is 0.309 e. The minimum atomic E-state index is 0.0486. The average molecular weight is 309 g/mol. The molecule has 4 nitrogen and oxygen atoms in total. The number of nitrogens with zero attached hydrogens (tertiary/aromatic N) is 2. The van der Waals surface area contributed by atoms with Crippen LogP contribution in [0.25, 0.3) is 0 Å². The van der Waals surface area contributed by atoms with Gasteiger partial charge in [0.05, 0.1) is 12.6 Å². The minimum Gasteiger partial charge on any atom is -0.309 e. The van der Waals surface area contributed by atoms with Crippen LogP contribution in [0.2, 0.25) is 0 Å². The molecule has 4 heteroatoms. The van der Waals surface area contributed by atoms with Gasteiger partial charge >= 0.3 is 0 Å². The summed E-state index contributed by atoms with van der Waals surface area (Å²) in [7, 11) is 0. The molecule has 22 heavy (non-hydrogen) atoms. The minimum absolute atomic E-state index is 0.0486. The first-order valence-corrected chi connectivity index (χ1v) is 8.55. The molecule has 0 radical (unpaired) electrons. The van der Waals surface area contributed by atoms with Gasteiger partial charge in [-0.15, -0.1) is 0 Å². The van der Waals surface area contributed by atoms with Crippen molar-refractivity contribution in [1.29, 1.82) is 0 Å². The molecule has 128 valence electrons. The summed E-state index contributed by atoms with van der Waals surface area (Å²) < 4.78 is 0. The van der Waals surface area contributed by atoms with Crippen molar-refractivity contribution in [3.05, 3.63) is 0 Å². The summed E-state index contributed by atoms with van der Waals surface area (Å²) in [5, 5.41) is 7.34. The maximum absolute atomic E-state index is 4.85. The molecule has 0 saturated carbocycles. The molecule has 2 atom stereocenters. The Morgan fingerprint density at radius 2 is 1.55 bits per heavy atom. The van der Waals surface area contributed by atoms with Crippen LogP contribution in [0, 0.1) is 0 Å². The smallest absolute Gasteiger partial charge is 0.0595 e. The second-order valence-corrected chi connectivity index (χ2v) is 8.34. The van der Waals surface area contributed by atoms with E-state index in [1.165, 1.54) is 11.4 Å². The Bertz CT molecular complexity index is 421. The van der Waals surface area contributed by atoms with Crippen molar-refractivity contribution >= 4 is 11.4 Å². The molecule has 1 aliphatic heterocycles. The number of aliphatic imine (C=N–C) groups is 2. The SMILES string of the molecule is CC1=NC[C@@H](C)NC(C)(C)CC(C)=N[C@H](C)CNC(C)(C)C1. The predicted octanol–water partition coefficient (Wildman–Crippen LogP) is 3.22. The van der Waals surface area contributed by atoms with Gasteiger partial charge < -0.3 is 10.6 Å². The van der Waals surface area contributed by atoms with Crippen LogP contribution in [0.5, 0.6) is 0 Å². The van der Waals surface area contributed by atoms with Crippen LogP contribution in [0.15, 0.2) is 9.98 Å². The molecule has 0 aromatic carbocycles. The molecule has 0 amide bonds. The second-order valence-electron chi connectivity index (χ2n) is 8.34. The van der Waals surface area contributed by atoms with Crippen molar-refractivity contribution in [3.63, 3.8) is 0 Å². The van der Waals surface area contributed by atoms with Gasteiger partial charge in [0.15, 0.2) is 0 Å². The molecule has 2 N–H and O–H groups in total. The van der Waals surface area contributed by atoms with Gasteiger partial charge in [-0.1, -0.05) is 0 Å². The molecule has 0 fully saturated rings. The maximum atomic E-state index is 4.85. The highest BCUT2D eigenvalue weighted by atomic mass is 15.0. The maximum Gasteiger partial charge on any atom is 0.0595 e. The van der Waals surface area contributed by atoms with Crippen molar-refractivity contribution in [2.75, 3.05) is 13.1 Å². The number of nitrogens with one attached hydrogen (secondary N) is 2. The monoisotopic (exact) mass is 308 g/mol. The first-order valence-electron chi connectivity index (χ1n) is 8.55. The van der Waals surface area contributed by atoms with E-state index in [4.69, 9.17) is 9.98 Å². The molecular formula is C18H36N4. The lowest BCUT2D eigenvalue weighted by atomic mass is 9.95. The number of hydrogen-bond donors (Lipinski definition) is 2. The van der Waals surface area contributed by atoms with Crippen LogP contribution >= 0.6 is 0 Å². The lowest BCUT2D eigenvalue weighted by molar-refractivity contribution is 0.353. The van der Waals surface area contributed by atoms with Crippen LogP contribution in [0.4, 0.5) is 0 Å². The fraction of sp³-hybridized carbons (Fsp3) is 0.889. The summed E-state index contributed by atoms with van der Waals surface area (Å²) in [5.41, 5.74) is 2.54. The van der Waals surface area contributed by atoms with E-state index in [1.54, 1.807) is 0 Å². The molecule has 1 heterocycles. The van der Waals surface area contributed by atoms with Gasteiger partial charge in [0.25, 0.3) is 0 Å². The van der Waals surface area contributed by atoms with E-state index in [9.17, 15) is 0 Å². The van der Waals surface area contributed by atoms with E-state index < -0.39 is 0 Å². The van der Waals surface area contributed by atoms with Gasteiger partial charge in [0.2, 0.25) is 0 Å². The summed E-state index contributed by atoms with van der Waals surface area (Å²) in [6.45, 7) is 19.4. The quantitative estimate of drug-likeness (QED) is 0.722. The van der Waals surface area contributed by atoms with E-state index in [-0.39, 0.29) is 11.1 Å². The van der Waals surface area contributed by atoms with Gasteiger partial charge in [0, 0.05) is 47.9 Å². The normalized spacial score (nSPS) is 30.9. The molecule has 0 bridgehead atoms. The zero-order valence-electron chi connectivity index (χ0n) is 15.9. The van der Waals surface area contributed by atoms with Crippen molar-refractivity contribution < 1.29 is 0 Å². The molecule has 1 aliphatic rings. The fourth-order valence-electron chi connectivity index (χ4n) is 3.35. The molecule has 0 aromatic heterocycles. The average Bonchev–Trinajstić information content (AvgIpc) is 2.31. The Labute approximate surface area is 137 Å². The summed E-state index contributed by atoms with van der Waals surface area (Å²) in [6.07, 6.45) is 1.94. The van der Waals surface area contributed by atoms with Crippen molar-refractivity contribution in [2.45, 2.75) is 91.4 Å². The van der Waals surface area contributed by atoms with Gasteiger partial charge in [0.1, 0.15) is 0 Å². The van der Waals surface area contributed by atoms with Crippen LogP contribution in [0.3, 0.4) is 0 Å². The Balaban J connectivity index is 2.93. The highest BCUT2D eigenvalue weighted by Crippen LogP contribution is 2.14. The highest BCUT2D eigenvalue weighted by molar-refractivity contribution is 5.83. The van der Waals surface area contributed by atoms with E-state index in [2.05, 4.69) is 66.0 Å². The lowest BCUT2D eigenvalue weighted by Gasteiger charge is -2.31. The Kier molecular flexibility index (Phi) is 6.75. The van der Waals surface area contributed by atoms with Crippen LogP contribution in [0.1, 0.15) is 68.2 Å². The van der Waals surface area contributed by atoms with E-state index >= 15 is 0 Å². The third-order valence-electron chi connectivity index (χ3n) is 3.98. The lowest BCUT2D eigenvalue weighted by Crippen LogP contribution is -2.48. The molecule has 0 unspecified atom stereocenters. The fourth-order valence-corrected chi connectivity index (χ4v) is 3.35. The molecule has 0 aromatic rings. The summed E-state index contributed by atoms with van der Waals surface area (Å²) in [5.74, 6) is 0. The van der Waals surface area contributed by atoms with Gasteiger partial charge in [-0.3, -0.25) is 9.98 Å². The van der Waals surface area contributed by atoms with E-state index in [0.717, 1.165) is 25.9 Å². The predicted molar refractivity (Wildman–Crippen MR) is 98.5 cm³/mol. The molecular weight excluding hydrogens is 272 g/mol. The number of hydrogen-bond acceptors (Lipinski definition) is 4. The van der Waals surface area contributed by atoms with Gasteiger partial charge in [-0.2, -0.15) is 0 Å². The third-order valence-corrected chi connectivity index (χ3v) is 3.98.